The third-order valence-electron chi connectivity index (χ3n) is 3.56. The summed E-state index contributed by atoms with van der Waals surface area (Å²) in [5.74, 6) is -0.247. The maximum absolute atomic E-state index is 12.6. The summed E-state index contributed by atoms with van der Waals surface area (Å²) in [5.41, 5.74) is 0.548. The van der Waals surface area contributed by atoms with Crippen LogP contribution in [0.1, 0.15) is 11.1 Å². The highest BCUT2D eigenvalue weighted by atomic mass is 19.4. The van der Waals surface area contributed by atoms with E-state index in [1.807, 2.05) is 13.0 Å². The van der Waals surface area contributed by atoms with Crippen molar-refractivity contribution in [2.75, 3.05) is 17.7 Å². The molecule has 2 rings (SSSR count). The Morgan fingerprint density at radius 2 is 1.85 bits per heavy atom. The largest absolute Gasteiger partial charge is 0.495 e. The number of aryl methyl sites for hydroxylation is 1. The number of anilines is 2. The summed E-state index contributed by atoms with van der Waals surface area (Å²) in [7, 11) is 1.45. The van der Waals surface area contributed by atoms with Gasteiger partial charge < -0.3 is 15.4 Å². The second-order valence-electron chi connectivity index (χ2n) is 5.55. The number of carbonyl (C=O) groups is 1. The van der Waals surface area contributed by atoms with Gasteiger partial charge in [0.1, 0.15) is 17.4 Å². The van der Waals surface area contributed by atoms with Crippen LogP contribution in [-0.2, 0) is 11.0 Å². The molecule has 0 fully saturated rings. The number of ether oxygens (including phenoxy) is 1. The summed E-state index contributed by atoms with van der Waals surface area (Å²) < 4.78 is 42.8. The van der Waals surface area contributed by atoms with Crippen LogP contribution in [0.3, 0.4) is 0 Å². The molecular weight excluding hydrogens is 359 g/mol. The molecule has 27 heavy (non-hydrogen) atoms. The van der Waals surface area contributed by atoms with Gasteiger partial charge in [-0.25, -0.2) is 0 Å². The number of halogens is 3. The minimum absolute atomic E-state index is 0.251. The Hall–Kier alpha value is -3.47. The van der Waals surface area contributed by atoms with Crippen LogP contribution < -0.4 is 15.4 Å². The first-order valence-electron chi connectivity index (χ1n) is 7.74. The Labute approximate surface area is 154 Å². The van der Waals surface area contributed by atoms with Crippen molar-refractivity contribution in [2.24, 2.45) is 0 Å². The van der Waals surface area contributed by atoms with Crippen molar-refractivity contribution >= 4 is 17.3 Å². The lowest BCUT2D eigenvalue weighted by atomic mass is 10.2. The van der Waals surface area contributed by atoms with E-state index in [9.17, 15) is 23.2 Å². The van der Waals surface area contributed by atoms with Crippen molar-refractivity contribution < 1.29 is 22.7 Å². The van der Waals surface area contributed by atoms with Gasteiger partial charge in [0, 0.05) is 11.9 Å². The van der Waals surface area contributed by atoms with Gasteiger partial charge in [0.25, 0.3) is 5.91 Å². The monoisotopic (exact) mass is 375 g/mol. The van der Waals surface area contributed by atoms with Gasteiger partial charge in [-0.15, -0.1) is 0 Å². The first kappa shape index (κ1) is 19.8. The molecule has 0 bridgehead atoms. The second kappa shape index (κ2) is 8.27. The summed E-state index contributed by atoms with van der Waals surface area (Å²) in [6, 6.07) is 11.1. The normalized spacial score (nSPS) is 11.5. The lowest BCUT2D eigenvalue weighted by Gasteiger charge is -2.11. The van der Waals surface area contributed by atoms with Crippen LogP contribution >= 0.6 is 0 Å². The van der Waals surface area contributed by atoms with E-state index in [-0.39, 0.29) is 5.57 Å². The van der Waals surface area contributed by atoms with Crippen LogP contribution in [0.4, 0.5) is 24.5 Å². The molecule has 0 aliphatic heterocycles. The minimum atomic E-state index is -4.43. The fourth-order valence-electron chi connectivity index (χ4n) is 2.17. The Bertz CT molecular complexity index is 898. The molecule has 1 amide bonds. The first-order valence-corrected chi connectivity index (χ1v) is 7.74. The standard InChI is InChI=1S/C19H16F3N3O2/c1-12-3-8-17(27-2)16(9-12)25-18(26)13(10-23)11-24-15-6-4-14(5-7-15)19(20,21)22/h3-9,11,24H,1-2H3,(H,25,26)/b13-11-. The van der Waals surface area contributed by atoms with Gasteiger partial charge in [-0.1, -0.05) is 6.07 Å². The molecule has 5 nitrogen and oxygen atoms in total. The molecular formula is C19H16F3N3O2. The number of nitrogens with zero attached hydrogens (tertiary/aromatic N) is 1. The molecule has 140 valence electrons. The molecule has 0 aliphatic rings. The molecule has 0 aromatic heterocycles. The van der Waals surface area contributed by atoms with E-state index in [0.29, 0.717) is 17.1 Å². The molecule has 0 heterocycles. The van der Waals surface area contributed by atoms with Crippen molar-refractivity contribution in [1.29, 1.82) is 5.26 Å². The molecule has 0 aliphatic carbocycles. The molecule has 2 N–H and O–H groups in total. The van der Waals surface area contributed by atoms with Crippen LogP contribution in [0.5, 0.6) is 5.75 Å². The summed E-state index contributed by atoms with van der Waals surface area (Å²) in [5, 5.41) is 14.4. The number of methoxy groups -OCH3 is 1. The first-order chi connectivity index (χ1) is 12.7. The summed E-state index contributed by atoms with van der Waals surface area (Å²) >= 11 is 0. The number of alkyl halides is 3. The molecule has 0 saturated carbocycles. The average Bonchev–Trinajstić information content (AvgIpc) is 2.62. The SMILES string of the molecule is COc1ccc(C)cc1NC(=O)/C(C#N)=C\Nc1ccc(C(F)(F)F)cc1. The van der Waals surface area contributed by atoms with Gasteiger partial charge in [-0.3, -0.25) is 4.79 Å². The number of carbonyl (C=O) groups excluding carboxylic acids is 1. The van der Waals surface area contributed by atoms with E-state index in [1.165, 1.54) is 19.2 Å². The quantitative estimate of drug-likeness (QED) is 0.597. The topological polar surface area (TPSA) is 74.1 Å². The zero-order chi connectivity index (χ0) is 20.0. The fraction of sp³-hybridized carbons (Fsp3) is 0.158. The highest BCUT2D eigenvalue weighted by Gasteiger charge is 2.29. The number of benzene rings is 2. The van der Waals surface area contributed by atoms with E-state index < -0.39 is 17.6 Å². The lowest BCUT2D eigenvalue weighted by Crippen LogP contribution is -2.15. The van der Waals surface area contributed by atoms with Gasteiger partial charge in [0.2, 0.25) is 0 Å². The van der Waals surface area contributed by atoms with Crippen LogP contribution in [0.15, 0.2) is 54.2 Å². The molecule has 0 atom stereocenters. The van der Waals surface area contributed by atoms with Gasteiger partial charge >= 0.3 is 6.18 Å². The second-order valence-corrected chi connectivity index (χ2v) is 5.55. The molecule has 2 aromatic rings. The predicted molar refractivity (Wildman–Crippen MR) is 95.1 cm³/mol. The van der Waals surface area contributed by atoms with Crippen molar-refractivity contribution in [3.63, 3.8) is 0 Å². The Morgan fingerprint density at radius 3 is 2.41 bits per heavy atom. The van der Waals surface area contributed by atoms with Gasteiger partial charge in [0.05, 0.1) is 18.4 Å². The Kier molecular flexibility index (Phi) is 6.08. The smallest absolute Gasteiger partial charge is 0.416 e. The maximum atomic E-state index is 12.6. The summed E-state index contributed by atoms with van der Waals surface area (Å²) in [6.45, 7) is 1.84. The van der Waals surface area contributed by atoms with Crippen molar-refractivity contribution in [3.05, 3.63) is 65.4 Å². The molecule has 0 spiro atoms. The van der Waals surface area contributed by atoms with E-state index in [1.54, 1.807) is 18.2 Å². The summed E-state index contributed by atoms with van der Waals surface area (Å²) in [6.07, 6.45) is -3.31. The third kappa shape index (κ3) is 5.25. The Balaban J connectivity index is 2.13. The molecule has 0 radical (unpaired) electrons. The van der Waals surface area contributed by atoms with Crippen molar-refractivity contribution in [1.82, 2.24) is 0 Å². The van der Waals surface area contributed by atoms with Gasteiger partial charge in [0.15, 0.2) is 0 Å². The number of amides is 1. The third-order valence-corrected chi connectivity index (χ3v) is 3.56. The zero-order valence-corrected chi connectivity index (χ0v) is 14.5. The molecule has 8 heteroatoms. The van der Waals surface area contributed by atoms with E-state index in [0.717, 1.165) is 23.9 Å². The number of hydrogen-bond donors (Lipinski definition) is 2. The van der Waals surface area contributed by atoms with E-state index >= 15 is 0 Å². The summed E-state index contributed by atoms with van der Waals surface area (Å²) in [4.78, 5) is 12.3. The van der Waals surface area contributed by atoms with Gasteiger partial charge in [-0.05, 0) is 48.9 Å². The number of hydrogen-bond acceptors (Lipinski definition) is 4. The highest BCUT2D eigenvalue weighted by molar-refractivity contribution is 6.07. The lowest BCUT2D eigenvalue weighted by molar-refractivity contribution is -0.137. The van der Waals surface area contributed by atoms with E-state index in [2.05, 4.69) is 10.6 Å². The fourth-order valence-corrected chi connectivity index (χ4v) is 2.17. The molecule has 0 unspecified atom stereocenters. The molecule has 0 saturated heterocycles. The van der Waals surface area contributed by atoms with Crippen molar-refractivity contribution in [2.45, 2.75) is 13.1 Å². The number of nitriles is 1. The zero-order valence-electron chi connectivity index (χ0n) is 14.5. The minimum Gasteiger partial charge on any atom is -0.495 e. The van der Waals surface area contributed by atoms with Crippen LogP contribution in [0.25, 0.3) is 0 Å². The molecule has 2 aromatic carbocycles. The maximum Gasteiger partial charge on any atom is 0.416 e. The number of nitrogens with one attached hydrogen (secondary N) is 2. The number of rotatable bonds is 5. The van der Waals surface area contributed by atoms with Crippen LogP contribution in [-0.4, -0.2) is 13.0 Å². The van der Waals surface area contributed by atoms with Crippen LogP contribution in [0.2, 0.25) is 0 Å². The van der Waals surface area contributed by atoms with E-state index in [4.69, 9.17) is 4.74 Å². The highest BCUT2D eigenvalue weighted by Crippen LogP contribution is 2.30. The van der Waals surface area contributed by atoms with Crippen molar-refractivity contribution in [3.8, 4) is 11.8 Å². The van der Waals surface area contributed by atoms with Gasteiger partial charge in [-0.2, -0.15) is 18.4 Å². The van der Waals surface area contributed by atoms with Crippen LogP contribution in [0, 0.1) is 18.3 Å². The Morgan fingerprint density at radius 1 is 1.19 bits per heavy atom. The predicted octanol–water partition coefficient (Wildman–Crippen LogP) is 4.48. The average molecular weight is 375 g/mol.